The van der Waals surface area contributed by atoms with Gasteiger partial charge in [-0.15, -0.1) is 0 Å². The van der Waals surface area contributed by atoms with Crippen LogP contribution in [0.3, 0.4) is 0 Å². The fourth-order valence-corrected chi connectivity index (χ4v) is 8.41. The molecule has 4 N–H and O–H groups in total. The summed E-state index contributed by atoms with van der Waals surface area (Å²) in [5.74, 6) is -0.261. The number of aliphatic hydroxyl groups excluding tert-OH is 1. The van der Waals surface area contributed by atoms with Crippen molar-refractivity contribution in [1.29, 1.82) is 0 Å². The van der Waals surface area contributed by atoms with Gasteiger partial charge in [0, 0.05) is 44.1 Å². The van der Waals surface area contributed by atoms with E-state index in [2.05, 4.69) is 25.6 Å². The van der Waals surface area contributed by atoms with Gasteiger partial charge in [-0.3, -0.25) is 23.9 Å². The van der Waals surface area contributed by atoms with Crippen molar-refractivity contribution in [3.05, 3.63) is 121 Å². The number of imidazole rings is 1. The Morgan fingerprint density at radius 3 is 2.15 bits per heavy atom. The summed E-state index contributed by atoms with van der Waals surface area (Å²) in [6, 6.07) is 21.1. The number of hydrogen-bond donors (Lipinski definition) is 4. The summed E-state index contributed by atoms with van der Waals surface area (Å²) >= 11 is 0. The summed E-state index contributed by atoms with van der Waals surface area (Å²) in [6.45, 7) is 12.1. The Labute approximate surface area is 363 Å². The van der Waals surface area contributed by atoms with E-state index in [0.29, 0.717) is 25.3 Å². The van der Waals surface area contributed by atoms with Crippen molar-refractivity contribution in [2.75, 3.05) is 20.1 Å². The molecule has 1 saturated heterocycles. The number of aliphatic hydroxyl groups is 1. The van der Waals surface area contributed by atoms with Crippen molar-refractivity contribution >= 4 is 29.5 Å². The van der Waals surface area contributed by atoms with Gasteiger partial charge in [0.05, 0.1) is 36.1 Å². The van der Waals surface area contributed by atoms with Crippen LogP contribution in [0.15, 0.2) is 104 Å². The van der Waals surface area contributed by atoms with E-state index in [9.17, 15) is 29.4 Å². The van der Waals surface area contributed by atoms with E-state index in [4.69, 9.17) is 0 Å². The van der Waals surface area contributed by atoms with Crippen molar-refractivity contribution in [2.45, 2.75) is 97.6 Å². The minimum Gasteiger partial charge on any atom is -0.465 e. The molecule has 1 fully saturated rings. The highest BCUT2D eigenvalue weighted by Gasteiger charge is 2.45. The molecular formula is C47H59N9O6. The monoisotopic (exact) mass is 845 g/mol. The molecular weight excluding hydrogens is 787 g/mol. The van der Waals surface area contributed by atoms with Crippen LogP contribution in [-0.2, 0) is 29.0 Å². The van der Waals surface area contributed by atoms with Gasteiger partial charge in [-0.1, -0.05) is 102 Å². The van der Waals surface area contributed by atoms with Crippen LogP contribution in [0.25, 0.3) is 16.8 Å². The van der Waals surface area contributed by atoms with E-state index >= 15 is 0 Å². The molecule has 4 heterocycles. The van der Waals surface area contributed by atoms with Gasteiger partial charge >= 0.3 is 12.1 Å². The molecule has 0 aliphatic carbocycles. The van der Waals surface area contributed by atoms with E-state index in [1.807, 2.05) is 104 Å². The lowest BCUT2D eigenvalue weighted by Crippen LogP contribution is -2.59. The number of likely N-dealkylation sites (N-methyl/N-ethyl adjacent to an activating group) is 1. The fraction of sp³-hybridized carbons (Fsp3) is 0.426. The molecule has 6 rings (SSSR count). The first kappa shape index (κ1) is 45.2. The minimum absolute atomic E-state index is 0.0168. The molecule has 0 unspecified atom stereocenters. The summed E-state index contributed by atoms with van der Waals surface area (Å²) < 4.78 is 1.83. The van der Waals surface area contributed by atoms with Crippen molar-refractivity contribution < 1.29 is 29.4 Å². The van der Waals surface area contributed by atoms with Gasteiger partial charge in [-0.2, -0.15) is 0 Å². The predicted octanol–water partition coefficient (Wildman–Crippen LogP) is 5.67. The van der Waals surface area contributed by atoms with Gasteiger partial charge in [0.15, 0.2) is 0 Å². The first-order chi connectivity index (χ1) is 29.4. The van der Waals surface area contributed by atoms with Crippen LogP contribution in [0.5, 0.6) is 0 Å². The van der Waals surface area contributed by atoms with Crippen LogP contribution in [0.4, 0.5) is 9.59 Å². The number of hydrogen-bond acceptors (Lipinski definition) is 8. The quantitative estimate of drug-likeness (QED) is 0.0971. The molecule has 15 nitrogen and oxygen atoms in total. The van der Waals surface area contributed by atoms with E-state index in [1.54, 1.807) is 55.5 Å². The standard InChI is InChI=1S/C47H59N9O6/c1-46(2,3)40(53(7)45(61)62)42(58)51-34(25-32-16-18-33(19-17-32)36-15-11-12-21-49-36)27-38(57)37(26-31-13-9-8-10-14-31)52-43(59)41(47(4,5)6)55-24-23-54(44(55)60)29-39-50-28-35-20-22-48-30-56(35)39/h8-22,28,30,34,37-38,40-41,57H,23-27,29H2,1-7H3,(H,51,58)(H,52,59)(H,61,62)/t34-,37-,38-,40+,41+/m0/s1. The number of carboxylic acid groups (broad SMARTS) is 1. The third-order valence-corrected chi connectivity index (χ3v) is 11.4. The number of benzene rings is 2. The molecule has 0 radical (unpaired) electrons. The van der Waals surface area contributed by atoms with Gasteiger partial charge in [0.1, 0.15) is 24.2 Å². The highest BCUT2D eigenvalue weighted by atomic mass is 16.4. The Hall–Kier alpha value is -6.35. The van der Waals surface area contributed by atoms with Gasteiger partial charge in [-0.05, 0) is 59.4 Å². The number of amides is 5. The van der Waals surface area contributed by atoms with E-state index in [0.717, 1.165) is 32.8 Å². The minimum atomic E-state index is -1.24. The first-order valence-corrected chi connectivity index (χ1v) is 21.0. The van der Waals surface area contributed by atoms with E-state index in [-0.39, 0.29) is 25.4 Å². The van der Waals surface area contributed by atoms with Crippen LogP contribution in [0.1, 0.15) is 64.9 Å². The number of nitrogens with zero attached hydrogens (tertiary/aromatic N) is 7. The number of carbonyl (C=O) groups excluding carboxylic acids is 3. The summed E-state index contributed by atoms with van der Waals surface area (Å²) in [4.78, 5) is 72.5. The second-order valence-corrected chi connectivity index (χ2v) is 18.3. The average Bonchev–Trinajstić information content (AvgIpc) is 3.79. The summed E-state index contributed by atoms with van der Waals surface area (Å²) in [5, 5.41) is 28.4. The Kier molecular flexibility index (Phi) is 14.0. The summed E-state index contributed by atoms with van der Waals surface area (Å²) in [7, 11) is 1.37. The molecule has 5 atom stereocenters. The van der Waals surface area contributed by atoms with Crippen molar-refractivity contribution in [2.24, 2.45) is 10.8 Å². The maximum atomic E-state index is 14.7. The lowest BCUT2D eigenvalue weighted by molar-refractivity contribution is -0.131. The normalized spacial score (nSPS) is 15.8. The van der Waals surface area contributed by atoms with Crippen molar-refractivity contribution in [3.8, 4) is 11.3 Å². The third-order valence-electron chi connectivity index (χ3n) is 11.4. The molecule has 0 spiro atoms. The largest absolute Gasteiger partial charge is 0.465 e. The van der Waals surface area contributed by atoms with Crippen LogP contribution in [0.2, 0.25) is 0 Å². The second-order valence-electron chi connectivity index (χ2n) is 18.3. The maximum absolute atomic E-state index is 14.7. The van der Waals surface area contributed by atoms with Gasteiger partial charge in [0.2, 0.25) is 11.8 Å². The molecule has 15 heteroatoms. The fourth-order valence-electron chi connectivity index (χ4n) is 8.41. The molecule has 1 aliphatic rings. The number of carbonyl (C=O) groups is 4. The maximum Gasteiger partial charge on any atom is 0.407 e. The van der Waals surface area contributed by atoms with Crippen LogP contribution in [0, 0.1) is 10.8 Å². The lowest BCUT2D eigenvalue weighted by atomic mass is 9.84. The highest BCUT2D eigenvalue weighted by molar-refractivity contribution is 5.89. The summed E-state index contributed by atoms with van der Waals surface area (Å²) in [5.41, 5.74) is 2.86. The molecule has 3 aromatic heterocycles. The highest BCUT2D eigenvalue weighted by Crippen LogP contribution is 2.30. The molecule has 1 aliphatic heterocycles. The zero-order valence-electron chi connectivity index (χ0n) is 36.6. The number of rotatable bonds is 16. The van der Waals surface area contributed by atoms with E-state index < -0.39 is 59.0 Å². The molecule has 5 aromatic rings. The number of pyridine rings is 1. The summed E-state index contributed by atoms with van der Waals surface area (Å²) in [6.07, 6.45) is 4.95. The molecule has 62 heavy (non-hydrogen) atoms. The number of nitrogens with one attached hydrogen (secondary N) is 2. The van der Waals surface area contributed by atoms with Crippen LogP contribution >= 0.6 is 0 Å². The molecule has 0 bridgehead atoms. The number of urea groups is 1. The molecule has 2 aromatic carbocycles. The predicted molar refractivity (Wildman–Crippen MR) is 236 cm³/mol. The first-order valence-electron chi connectivity index (χ1n) is 21.0. The van der Waals surface area contributed by atoms with Gasteiger partial charge in [-0.25, -0.2) is 19.6 Å². The number of fused-ring (bicyclic) bond motifs is 1. The Bertz CT molecular complexity index is 2310. The second kappa shape index (κ2) is 19.1. The smallest absolute Gasteiger partial charge is 0.407 e. The molecule has 328 valence electrons. The Morgan fingerprint density at radius 1 is 0.806 bits per heavy atom. The average molecular weight is 846 g/mol. The number of aromatic nitrogens is 4. The van der Waals surface area contributed by atoms with Crippen molar-refractivity contribution in [1.82, 2.24) is 44.7 Å². The SMILES string of the molecule is CN(C(=O)O)[C@H](C(=O)N[C@@H](Cc1ccc(-c2ccccn2)cc1)C[C@H](O)[C@H](Cc1ccccc1)NC(=O)[C@@H](N1CCN(Cc2ncc3ccncn23)C1=O)C(C)(C)C)C(C)(C)C. The zero-order valence-corrected chi connectivity index (χ0v) is 36.6. The van der Waals surface area contributed by atoms with Gasteiger partial charge < -0.3 is 30.6 Å². The Balaban J connectivity index is 1.26. The topological polar surface area (TPSA) is 186 Å². The Morgan fingerprint density at radius 2 is 1.50 bits per heavy atom. The van der Waals surface area contributed by atoms with Crippen LogP contribution < -0.4 is 10.6 Å². The third kappa shape index (κ3) is 10.9. The van der Waals surface area contributed by atoms with Crippen LogP contribution in [-0.4, -0.2) is 119 Å². The van der Waals surface area contributed by atoms with Gasteiger partial charge in [0.25, 0.3) is 0 Å². The zero-order chi connectivity index (χ0) is 44.8. The van der Waals surface area contributed by atoms with Crippen molar-refractivity contribution in [3.63, 3.8) is 0 Å². The van der Waals surface area contributed by atoms with E-state index in [1.165, 1.54) is 7.05 Å². The molecule has 5 amide bonds. The molecule has 0 saturated carbocycles. The lowest BCUT2D eigenvalue weighted by Gasteiger charge is -2.38.